The summed E-state index contributed by atoms with van der Waals surface area (Å²) < 4.78 is 4.58. The SMILES string of the molecule is COC(=O)c1ccccc1C.Cc1cccc(C)c1C(=O)O. The number of carbonyl (C=O) groups is 2. The molecule has 0 unspecified atom stereocenters. The van der Waals surface area contributed by atoms with Crippen LogP contribution in [0.25, 0.3) is 0 Å². The van der Waals surface area contributed by atoms with E-state index < -0.39 is 5.97 Å². The zero-order valence-corrected chi connectivity index (χ0v) is 13.2. The summed E-state index contributed by atoms with van der Waals surface area (Å²) in [4.78, 5) is 21.7. The Hall–Kier alpha value is -2.62. The van der Waals surface area contributed by atoms with Gasteiger partial charge in [0.05, 0.1) is 18.2 Å². The summed E-state index contributed by atoms with van der Waals surface area (Å²) in [5, 5.41) is 8.75. The molecule has 0 aliphatic heterocycles. The molecule has 0 aliphatic carbocycles. The third-order valence-electron chi connectivity index (χ3n) is 3.25. The first-order valence-corrected chi connectivity index (χ1v) is 6.82. The first-order chi connectivity index (χ1) is 10.4. The molecule has 2 rings (SSSR count). The summed E-state index contributed by atoms with van der Waals surface area (Å²) in [6, 6.07) is 12.8. The third-order valence-corrected chi connectivity index (χ3v) is 3.25. The zero-order valence-electron chi connectivity index (χ0n) is 13.2. The first-order valence-electron chi connectivity index (χ1n) is 6.82. The Morgan fingerprint density at radius 3 is 1.77 bits per heavy atom. The van der Waals surface area contributed by atoms with E-state index in [2.05, 4.69) is 4.74 Å². The molecule has 0 heterocycles. The molecule has 0 bridgehead atoms. The molecule has 4 heteroatoms. The molecule has 0 aliphatic rings. The summed E-state index contributed by atoms with van der Waals surface area (Å²) in [6.45, 7) is 5.49. The predicted octanol–water partition coefficient (Wildman–Crippen LogP) is 3.78. The Morgan fingerprint density at radius 1 is 0.864 bits per heavy atom. The summed E-state index contributed by atoms with van der Waals surface area (Å²) in [6.07, 6.45) is 0. The molecular formula is C18H20O4. The number of hydrogen-bond donors (Lipinski definition) is 1. The van der Waals surface area contributed by atoms with Crippen LogP contribution in [0.5, 0.6) is 0 Å². The maximum atomic E-state index is 11.0. The number of methoxy groups -OCH3 is 1. The number of rotatable bonds is 2. The van der Waals surface area contributed by atoms with E-state index in [0.717, 1.165) is 16.7 Å². The predicted molar refractivity (Wildman–Crippen MR) is 85.4 cm³/mol. The van der Waals surface area contributed by atoms with Crippen LogP contribution in [0.2, 0.25) is 0 Å². The Bertz CT molecular complexity index is 654. The van der Waals surface area contributed by atoms with Crippen molar-refractivity contribution in [1.29, 1.82) is 0 Å². The molecule has 0 saturated heterocycles. The topological polar surface area (TPSA) is 63.6 Å². The standard InChI is InChI=1S/2C9H10O2/c1-7-5-3-4-6-8(7)9(10)11-2;1-6-4-3-5-7(2)8(6)9(10)11/h3-6H,1-2H3;3-5H,1-2H3,(H,10,11). The van der Waals surface area contributed by atoms with Gasteiger partial charge in [0.2, 0.25) is 0 Å². The number of carbonyl (C=O) groups excluding carboxylic acids is 1. The van der Waals surface area contributed by atoms with Crippen LogP contribution in [0.3, 0.4) is 0 Å². The smallest absolute Gasteiger partial charge is 0.338 e. The van der Waals surface area contributed by atoms with E-state index in [9.17, 15) is 9.59 Å². The summed E-state index contributed by atoms with van der Waals surface area (Å²) >= 11 is 0. The number of aromatic carboxylic acids is 1. The van der Waals surface area contributed by atoms with E-state index >= 15 is 0 Å². The lowest BCUT2D eigenvalue weighted by atomic mass is 10.0. The van der Waals surface area contributed by atoms with Gasteiger partial charge in [0.15, 0.2) is 0 Å². The van der Waals surface area contributed by atoms with E-state index in [1.165, 1.54) is 7.11 Å². The normalized spacial score (nSPS) is 9.45. The summed E-state index contributed by atoms with van der Waals surface area (Å²) in [7, 11) is 1.38. The van der Waals surface area contributed by atoms with Crippen molar-refractivity contribution in [3.05, 3.63) is 70.3 Å². The Morgan fingerprint density at radius 2 is 1.36 bits per heavy atom. The van der Waals surface area contributed by atoms with Crippen LogP contribution in [0.1, 0.15) is 37.4 Å². The quantitative estimate of drug-likeness (QED) is 0.857. The Labute approximate surface area is 130 Å². The Balaban J connectivity index is 0.000000220. The Kier molecular flexibility index (Phi) is 6.32. The van der Waals surface area contributed by atoms with Crippen LogP contribution >= 0.6 is 0 Å². The largest absolute Gasteiger partial charge is 0.478 e. The van der Waals surface area contributed by atoms with Crippen molar-refractivity contribution in [1.82, 2.24) is 0 Å². The minimum atomic E-state index is -0.847. The van der Waals surface area contributed by atoms with Gasteiger partial charge in [-0.1, -0.05) is 36.4 Å². The number of benzene rings is 2. The van der Waals surface area contributed by atoms with Crippen LogP contribution in [0.4, 0.5) is 0 Å². The average molecular weight is 300 g/mol. The van der Waals surface area contributed by atoms with Gasteiger partial charge in [-0.25, -0.2) is 9.59 Å². The lowest BCUT2D eigenvalue weighted by molar-refractivity contribution is 0.0599. The molecule has 4 nitrogen and oxygen atoms in total. The zero-order chi connectivity index (χ0) is 16.7. The fraction of sp³-hybridized carbons (Fsp3) is 0.222. The molecule has 0 amide bonds. The highest BCUT2D eigenvalue weighted by Gasteiger charge is 2.08. The molecule has 0 radical (unpaired) electrons. The second kappa shape index (κ2) is 7.98. The highest BCUT2D eigenvalue weighted by Crippen LogP contribution is 2.12. The highest BCUT2D eigenvalue weighted by molar-refractivity contribution is 5.91. The van der Waals surface area contributed by atoms with Crippen molar-refractivity contribution in [2.75, 3.05) is 7.11 Å². The minimum Gasteiger partial charge on any atom is -0.478 e. The number of carboxylic acids is 1. The van der Waals surface area contributed by atoms with Crippen LogP contribution in [-0.4, -0.2) is 24.2 Å². The lowest BCUT2D eigenvalue weighted by Gasteiger charge is -2.02. The van der Waals surface area contributed by atoms with Gasteiger partial charge < -0.3 is 9.84 Å². The molecule has 0 fully saturated rings. The van der Waals surface area contributed by atoms with Crippen molar-refractivity contribution < 1.29 is 19.4 Å². The van der Waals surface area contributed by atoms with Crippen LogP contribution in [-0.2, 0) is 4.74 Å². The number of ether oxygens (including phenoxy) is 1. The van der Waals surface area contributed by atoms with Crippen LogP contribution < -0.4 is 0 Å². The molecule has 0 saturated carbocycles. The summed E-state index contributed by atoms with van der Waals surface area (Å²) in [5.74, 6) is -1.12. The van der Waals surface area contributed by atoms with Crippen molar-refractivity contribution in [2.24, 2.45) is 0 Å². The molecule has 1 N–H and O–H groups in total. The van der Waals surface area contributed by atoms with E-state index in [-0.39, 0.29) is 5.97 Å². The molecule has 2 aromatic carbocycles. The molecular weight excluding hydrogens is 280 g/mol. The van der Waals surface area contributed by atoms with Gasteiger partial charge in [0, 0.05) is 0 Å². The second-order valence-corrected chi connectivity index (χ2v) is 4.88. The molecule has 2 aromatic rings. The van der Waals surface area contributed by atoms with Gasteiger partial charge in [-0.3, -0.25) is 0 Å². The fourth-order valence-corrected chi connectivity index (χ4v) is 2.06. The monoisotopic (exact) mass is 300 g/mol. The minimum absolute atomic E-state index is 0.275. The molecule has 22 heavy (non-hydrogen) atoms. The second-order valence-electron chi connectivity index (χ2n) is 4.88. The number of aryl methyl sites for hydroxylation is 3. The van der Waals surface area contributed by atoms with Gasteiger partial charge in [0.25, 0.3) is 0 Å². The maximum absolute atomic E-state index is 11.0. The molecule has 0 atom stereocenters. The van der Waals surface area contributed by atoms with E-state index in [1.807, 2.05) is 31.2 Å². The molecule has 116 valence electrons. The average Bonchev–Trinajstić information content (AvgIpc) is 2.47. The van der Waals surface area contributed by atoms with Gasteiger partial charge in [0.1, 0.15) is 0 Å². The summed E-state index contributed by atoms with van der Waals surface area (Å²) in [5.41, 5.74) is 3.64. The first kappa shape index (κ1) is 17.4. The number of carboxylic acid groups (broad SMARTS) is 1. The van der Waals surface area contributed by atoms with Crippen LogP contribution in [0.15, 0.2) is 42.5 Å². The maximum Gasteiger partial charge on any atom is 0.338 e. The van der Waals surface area contributed by atoms with Crippen molar-refractivity contribution in [3.8, 4) is 0 Å². The highest BCUT2D eigenvalue weighted by atomic mass is 16.5. The van der Waals surface area contributed by atoms with Gasteiger partial charge >= 0.3 is 11.9 Å². The number of hydrogen-bond acceptors (Lipinski definition) is 3. The van der Waals surface area contributed by atoms with Crippen molar-refractivity contribution in [3.63, 3.8) is 0 Å². The van der Waals surface area contributed by atoms with E-state index in [4.69, 9.17) is 5.11 Å². The number of esters is 1. The van der Waals surface area contributed by atoms with Crippen LogP contribution in [0, 0.1) is 20.8 Å². The van der Waals surface area contributed by atoms with Gasteiger partial charge in [-0.15, -0.1) is 0 Å². The lowest BCUT2D eigenvalue weighted by Crippen LogP contribution is -2.02. The van der Waals surface area contributed by atoms with Gasteiger partial charge in [-0.2, -0.15) is 0 Å². The van der Waals surface area contributed by atoms with Crippen molar-refractivity contribution >= 4 is 11.9 Å². The third kappa shape index (κ3) is 4.45. The van der Waals surface area contributed by atoms with E-state index in [1.54, 1.807) is 32.0 Å². The molecule has 0 spiro atoms. The fourth-order valence-electron chi connectivity index (χ4n) is 2.06. The van der Waals surface area contributed by atoms with Gasteiger partial charge in [-0.05, 0) is 43.5 Å². The molecule has 0 aromatic heterocycles. The van der Waals surface area contributed by atoms with E-state index in [0.29, 0.717) is 11.1 Å². The van der Waals surface area contributed by atoms with Crippen molar-refractivity contribution in [2.45, 2.75) is 20.8 Å².